The standard InChI is InChI=1S/C21H20N2O4/c24-21(23-16-6-3-5-15(11-16)20-12-22-14-27-20)18-8-1-2-9-19(18)26-13-17-7-4-10-25-17/h1-3,5-6,8-9,11-12,14,17H,4,7,10,13H2,(H,23,24). The van der Waals surface area contributed by atoms with Crippen LogP contribution in [0.4, 0.5) is 5.69 Å². The van der Waals surface area contributed by atoms with Gasteiger partial charge in [-0.3, -0.25) is 4.79 Å². The van der Waals surface area contributed by atoms with Crippen molar-refractivity contribution in [1.82, 2.24) is 4.98 Å². The zero-order valence-electron chi connectivity index (χ0n) is 14.8. The van der Waals surface area contributed by atoms with Crippen molar-refractivity contribution in [1.29, 1.82) is 0 Å². The van der Waals surface area contributed by atoms with Crippen LogP contribution in [0.1, 0.15) is 23.2 Å². The Kier molecular flexibility index (Phi) is 5.16. The van der Waals surface area contributed by atoms with Gasteiger partial charge in [-0.15, -0.1) is 0 Å². The fourth-order valence-corrected chi connectivity index (χ4v) is 3.05. The Morgan fingerprint density at radius 1 is 1.22 bits per heavy atom. The SMILES string of the molecule is O=C(Nc1cccc(-c2cnco2)c1)c1ccccc1OCC1CCCO1. The van der Waals surface area contributed by atoms with Crippen LogP contribution >= 0.6 is 0 Å². The lowest BCUT2D eigenvalue weighted by molar-refractivity contribution is 0.0673. The first-order chi connectivity index (χ1) is 13.3. The monoisotopic (exact) mass is 364 g/mol. The molecule has 1 saturated heterocycles. The molecule has 1 aliphatic heterocycles. The molecule has 0 aliphatic carbocycles. The average Bonchev–Trinajstić information content (AvgIpc) is 3.41. The van der Waals surface area contributed by atoms with Crippen LogP contribution in [0.25, 0.3) is 11.3 Å². The maximum Gasteiger partial charge on any atom is 0.259 e. The molecule has 1 aromatic heterocycles. The number of carbonyl (C=O) groups excluding carboxylic acids is 1. The molecule has 1 N–H and O–H groups in total. The van der Waals surface area contributed by atoms with Crippen molar-refractivity contribution in [3.05, 3.63) is 66.7 Å². The highest BCUT2D eigenvalue weighted by atomic mass is 16.5. The van der Waals surface area contributed by atoms with Gasteiger partial charge in [0.25, 0.3) is 5.91 Å². The van der Waals surface area contributed by atoms with Crippen molar-refractivity contribution >= 4 is 11.6 Å². The van der Waals surface area contributed by atoms with Gasteiger partial charge in [-0.05, 0) is 37.1 Å². The minimum absolute atomic E-state index is 0.0969. The van der Waals surface area contributed by atoms with Crippen LogP contribution in [0.15, 0.2) is 65.5 Å². The van der Waals surface area contributed by atoms with Gasteiger partial charge < -0.3 is 19.2 Å². The van der Waals surface area contributed by atoms with Gasteiger partial charge in [-0.2, -0.15) is 0 Å². The lowest BCUT2D eigenvalue weighted by Gasteiger charge is -2.14. The third-order valence-electron chi connectivity index (χ3n) is 4.42. The number of para-hydroxylation sites is 1. The molecule has 2 aromatic carbocycles. The van der Waals surface area contributed by atoms with Gasteiger partial charge in [0.2, 0.25) is 0 Å². The summed E-state index contributed by atoms with van der Waals surface area (Å²) in [6, 6.07) is 14.6. The van der Waals surface area contributed by atoms with Crippen molar-refractivity contribution in [2.75, 3.05) is 18.5 Å². The number of hydrogen-bond acceptors (Lipinski definition) is 5. The second-order valence-electron chi connectivity index (χ2n) is 6.34. The van der Waals surface area contributed by atoms with E-state index in [-0.39, 0.29) is 12.0 Å². The summed E-state index contributed by atoms with van der Waals surface area (Å²) in [4.78, 5) is 16.7. The maximum absolute atomic E-state index is 12.8. The highest BCUT2D eigenvalue weighted by Crippen LogP contribution is 2.24. The third kappa shape index (κ3) is 4.17. The summed E-state index contributed by atoms with van der Waals surface area (Å²) in [7, 11) is 0. The van der Waals surface area contributed by atoms with Crippen molar-refractivity contribution in [3.63, 3.8) is 0 Å². The largest absolute Gasteiger partial charge is 0.490 e. The molecule has 4 rings (SSSR count). The smallest absolute Gasteiger partial charge is 0.259 e. The number of nitrogens with one attached hydrogen (secondary N) is 1. The van der Waals surface area contributed by atoms with Crippen LogP contribution in [0.3, 0.4) is 0 Å². The van der Waals surface area contributed by atoms with Gasteiger partial charge in [0.05, 0.1) is 17.9 Å². The molecule has 3 aromatic rings. The van der Waals surface area contributed by atoms with E-state index in [2.05, 4.69) is 10.3 Å². The number of rotatable bonds is 6. The molecule has 1 unspecified atom stereocenters. The van der Waals surface area contributed by atoms with Crippen LogP contribution in [0, 0.1) is 0 Å². The second kappa shape index (κ2) is 8.05. The predicted octanol–water partition coefficient (Wildman–Crippen LogP) is 4.15. The van der Waals surface area contributed by atoms with Gasteiger partial charge >= 0.3 is 0 Å². The Labute approximate surface area is 157 Å². The van der Waals surface area contributed by atoms with E-state index in [0.717, 1.165) is 25.0 Å². The van der Waals surface area contributed by atoms with Crippen LogP contribution in [0.2, 0.25) is 0 Å². The number of anilines is 1. The van der Waals surface area contributed by atoms with Crippen LogP contribution in [-0.4, -0.2) is 30.2 Å². The van der Waals surface area contributed by atoms with Gasteiger partial charge in [-0.25, -0.2) is 4.98 Å². The fraction of sp³-hybridized carbons (Fsp3) is 0.238. The number of aromatic nitrogens is 1. The number of oxazole rings is 1. The van der Waals surface area contributed by atoms with Crippen molar-refractivity contribution in [2.24, 2.45) is 0 Å². The molecular formula is C21H20N2O4. The highest BCUT2D eigenvalue weighted by molar-refractivity contribution is 6.06. The van der Waals surface area contributed by atoms with E-state index >= 15 is 0 Å². The molecule has 27 heavy (non-hydrogen) atoms. The number of benzene rings is 2. The van der Waals surface area contributed by atoms with Crippen LogP contribution < -0.4 is 10.1 Å². The number of amides is 1. The minimum atomic E-state index is -0.229. The fourth-order valence-electron chi connectivity index (χ4n) is 3.05. The van der Waals surface area contributed by atoms with E-state index in [1.165, 1.54) is 6.39 Å². The van der Waals surface area contributed by atoms with E-state index < -0.39 is 0 Å². The van der Waals surface area contributed by atoms with Gasteiger partial charge in [0.1, 0.15) is 12.4 Å². The topological polar surface area (TPSA) is 73.6 Å². The molecule has 6 heteroatoms. The van der Waals surface area contributed by atoms with E-state index in [0.29, 0.717) is 29.4 Å². The summed E-state index contributed by atoms with van der Waals surface area (Å²) in [5, 5.41) is 2.92. The number of nitrogens with zero attached hydrogens (tertiary/aromatic N) is 1. The Bertz CT molecular complexity index is 902. The summed E-state index contributed by atoms with van der Waals surface area (Å²) in [6.45, 7) is 1.23. The number of ether oxygens (including phenoxy) is 2. The van der Waals surface area contributed by atoms with Crippen LogP contribution in [-0.2, 0) is 4.74 Å². The predicted molar refractivity (Wildman–Crippen MR) is 101 cm³/mol. The van der Waals surface area contributed by atoms with Crippen molar-refractivity contribution in [3.8, 4) is 17.1 Å². The average molecular weight is 364 g/mol. The van der Waals surface area contributed by atoms with Crippen molar-refractivity contribution in [2.45, 2.75) is 18.9 Å². The molecule has 0 spiro atoms. The first kappa shape index (κ1) is 17.3. The molecule has 1 amide bonds. The van der Waals surface area contributed by atoms with Crippen LogP contribution in [0.5, 0.6) is 5.75 Å². The molecule has 2 heterocycles. The molecule has 0 saturated carbocycles. The number of carbonyl (C=O) groups is 1. The lowest BCUT2D eigenvalue weighted by atomic mass is 10.1. The Hall–Kier alpha value is -3.12. The van der Waals surface area contributed by atoms with Gasteiger partial charge in [0.15, 0.2) is 12.2 Å². The lowest BCUT2D eigenvalue weighted by Crippen LogP contribution is -2.19. The maximum atomic E-state index is 12.8. The summed E-state index contributed by atoms with van der Waals surface area (Å²) in [5.41, 5.74) is 2.00. The summed E-state index contributed by atoms with van der Waals surface area (Å²) < 4.78 is 16.7. The molecule has 0 bridgehead atoms. The Balaban J connectivity index is 1.47. The summed E-state index contributed by atoms with van der Waals surface area (Å²) in [5.74, 6) is 0.968. The molecule has 0 radical (unpaired) electrons. The first-order valence-electron chi connectivity index (χ1n) is 8.93. The molecular weight excluding hydrogens is 344 g/mol. The van der Waals surface area contributed by atoms with E-state index in [4.69, 9.17) is 13.9 Å². The first-order valence-corrected chi connectivity index (χ1v) is 8.93. The minimum Gasteiger partial charge on any atom is -0.490 e. The normalized spacial score (nSPS) is 16.2. The molecule has 138 valence electrons. The molecule has 1 fully saturated rings. The van der Waals surface area contributed by atoms with E-state index in [1.807, 2.05) is 36.4 Å². The quantitative estimate of drug-likeness (QED) is 0.711. The number of hydrogen-bond donors (Lipinski definition) is 1. The van der Waals surface area contributed by atoms with Crippen molar-refractivity contribution < 1.29 is 18.7 Å². The highest BCUT2D eigenvalue weighted by Gasteiger charge is 2.18. The zero-order valence-corrected chi connectivity index (χ0v) is 14.8. The Morgan fingerprint density at radius 3 is 2.96 bits per heavy atom. The molecule has 1 atom stereocenters. The summed E-state index contributed by atoms with van der Waals surface area (Å²) >= 11 is 0. The third-order valence-corrected chi connectivity index (χ3v) is 4.42. The van der Waals surface area contributed by atoms with E-state index in [1.54, 1.807) is 18.3 Å². The summed E-state index contributed by atoms with van der Waals surface area (Å²) in [6.07, 6.45) is 5.15. The molecule has 1 aliphatic rings. The van der Waals surface area contributed by atoms with Gasteiger partial charge in [0, 0.05) is 17.9 Å². The Morgan fingerprint density at radius 2 is 2.15 bits per heavy atom. The van der Waals surface area contributed by atoms with Gasteiger partial charge in [-0.1, -0.05) is 24.3 Å². The zero-order chi connectivity index (χ0) is 18.5. The molecule has 6 nitrogen and oxygen atoms in total. The van der Waals surface area contributed by atoms with E-state index in [9.17, 15) is 4.79 Å². The second-order valence-corrected chi connectivity index (χ2v) is 6.34.